The Labute approximate surface area is 107 Å². The number of rotatable bonds is 5. The average molecular weight is 242 g/mol. The number of nitrogens with two attached hydrogens (primary N) is 1. The fourth-order valence-corrected chi connectivity index (χ4v) is 2.94. The number of methoxy groups -OCH3 is 1. The number of nitrogens with zero attached hydrogens (tertiary/aromatic N) is 1. The Bertz CT molecular complexity index is 222. The molecule has 0 aliphatic heterocycles. The highest BCUT2D eigenvalue weighted by Gasteiger charge is 2.39. The van der Waals surface area contributed by atoms with E-state index in [2.05, 4.69) is 32.7 Å². The molecule has 0 radical (unpaired) electrons. The Morgan fingerprint density at radius 1 is 1.29 bits per heavy atom. The molecule has 1 saturated carbocycles. The molecule has 1 rings (SSSR count). The van der Waals surface area contributed by atoms with Gasteiger partial charge in [-0.05, 0) is 45.6 Å². The monoisotopic (exact) mass is 242 g/mol. The molecule has 3 nitrogen and oxygen atoms in total. The van der Waals surface area contributed by atoms with E-state index >= 15 is 0 Å². The first-order valence-electron chi connectivity index (χ1n) is 6.92. The van der Waals surface area contributed by atoms with Gasteiger partial charge in [-0.15, -0.1) is 0 Å². The SMILES string of the molecule is COC1CCC(CN)(N(C)C(C)C(C)C)CC1. The maximum absolute atomic E-state index is 6.08. The zero-order valence-electron chi connectivity index (χ0n) is 12.2. The van der Waals surface area contributed by atoms with Crippen LogP contribution in [0.25, 0.3) is 0 Å². The summed E-state index contributed by atoms with van der Waals surface area (Å²) >= 11 is 0. The first-order valence-corrected chi connectivity index (χ1v) is 6.92. The van der Waals surface area contributed by atoms with Crippen molar-refractivity contribution in [2.45, 2.75) is 64.1 Å². The van der Waals surface area contributed by atoms with Crippen molar-refractivity contribution in [1.82, 2.24) is 4.90 Å². The Balaban J connectivity index is 2.69. The second-order valence-electron chi connectivity index (χ2n) is 5.96. The number of likely N-dealkylation sites (N-methyl/N-ethyl adjacent to an activating group) is 1. The molecule has 1 atom stereocenters. The highest BCUT2D eigenvalue weighted by Crippen LogP contribution is 2.35. The van der Waals surface area contributed by atoms with Gasteiger partial charge in [0.15, 0.2) is 0 Å². The minimum Gasteiger partial charge on any atom is -0.381 e. The third kappa shape index (κ3) is 3.21. The van der Waals surface area contributed by atoms with Crippen molar-refractivity contribution in [1.29, 1.82) is 0 Å². The van der Waals surface area contributed by atoms with Crippen LogP contribution in [-0.4, -0.2) is 43.3 Å². The summed E-state index contributed by atoms with van der Waals surface area (Å²) in [5.74, 6) is 0.670. The summed E-state index contributed by atoms with van der Waals surface area (Å²) < 4.78 is 5.46. The molecule has 0 amide bonds. The van der Waals surface area contributed by atoms with Crippen LogP contribution in [0, 0.1) is 5.92 Å². The Kier molecular flexibility index (Phi) is 5.42. The summed E-state index contributed by atoms with van der Waals surface area (Å²) in [5, 5.41) is 0. The van der Waals surface area contributed by atoms with Gasteiger partial charge in [0.2, 0.25) is 0 Å². The first-order chi connectivity index (χ1) is 7.96. The number of ether oxygens (including phenoxy) is 1. The highest BCUT2D eigenvalue weighted by atomic mass is 16.5. The molecule has 0 aromatic carbocycles. The molecule has 17 heavy (non-hydrogen) atoms. The lowest BCUT2D eigenvalue weighted by Crippen LogP contribution is -2.58. The van der Waals surface area contributed by atoms with Crippen LogP contribution >= 0.6 is 0 Å². The molecule has 3 heteroatoms. The van der Waals surface area contributed by atoms with Crippen LogP contribution < -0.4 is 5.73 Å². The molecule has 0 spiro atoms. The van der Waals surface area contributed by atoms with E-state index in [0.717, 1.165) is 32.2 Å². The van der Waals surface area contributed by atoms with E-state index in [1.165, 1.54) is 0 Å². The quantitative estimate of drug-likeness (QED) is 0.803. The fraction of sp³-hybridized carbons (Fsp3) is 1.00. The maximum Gasteiger partial charge on any atom is 0.0572 e. The van der Waals surface area contributed by atoms with E-state index in [-0.39, 0.29) is 5.54 Å². The predicted molar refractivity (Wildman–Crippen MR) is 73.1 cm³/mol. The van der Waals surface area contributed by atoms with Gasteiger partial charge in [0.1, 0.15) is 0 Å². The van der Waals surface area contributed by atoms with E-state index in [1.807, 2.05) is 7.11 Å². The molecule has 0 aromatic heterocycles. The van der Waals surface area contributed by atoms with Gasteiger partial charge in [-0.25, -0.2) is 0 Å². The predicted octanol–water partition coefficient (Wildman–Crippen LogP) is 2.25. The van der Waals surface area contributed by atoms with Gasteiger partial charge in [0.25, 0.3) is 0 Å². The van der Waals surface area contributed by atoms with Gasteiger partial charge >= 0.3 is 0 Å². The summed E-state index contributed by atoms with van der Waals surface area (Å²) in [7, 11) is 4.06. The molecule has 1 aliphatic carbocycles. The van der Waals surface area contributed by atoms with Crippen molar-refractivity contribution in [2.24, 2.45) is 11.7 Å². The van der Waals surface area contributed by atoms with Crippen LogP contribution in [0.5, 0.6) is 0 Å². The summed E-state index contributed by atoms with van der Waals surface area (Å²) in [6.45, 7) is 7.64. The molecule has 1 unspecified atom stereocenters. The van der Waals surface area contributed by atoms with Crippen molar-refractivity contribution < 1.29 is 4.74 Å². The third-order valence-corrected chi connectivity index (χ3v) is 4.90. The molecular weight excluding hydrogens is 212 g/mol. The zero-order chi connectivity index (χ0) is 13.1. The Morgan fingerprint density at radius 2 is 1.82 bits per heavy atom. The fourth-order valence-electron chi connectivity index (χ4n) is 2.94. The summed E-state index contributed by atoms with van der Waals surface area (Å²) in [6, 6.07) is 0.581. The van der Waals surface area contributed by atoms with Crippen LogP contribution in [0.2, 0.25) is 0 Å². The molecule has 102 valence electrons. The molecule has 1 fully saturated rings. The van der Waals surface area contributed by atoms with Crippen LogP contribution in [0.4, 0.5) is 0 Å². The summed E-state index contributed by atoms with van der Waals surface area (Å²) in [4.78, 5) is 2.52. The highest BCUT2D eigenvalue weighted by molar-refractivity contribution is 4.97. The Hall–Kier alpha value is -0.120. The topological polar surface area (TPSA) is 38.5 Å². The third-order valence-electron chi connectivity index (χ3n) is 4.90. The van der Waals surface area contributed by atoms with E-state index in [9.17, 15) is 0 Å². The van der Waals surface area contributed by atoms with Gasteiger partial charge in [0.05, 0.1) is 6.10 Å². The van der Waals surface area contributed by atoms with Crippen molar-refractivity contribution in [2.75, 3.05) is 20.7 Å². The maximum atomic E-state index is 6.08. The molecule has 0 heterocycles. The largest absolute Gasteiger partial charge is 0.381 e. The first kappa shape index (κ1) is 14.9. The molecule has 0 aromatic rings. The van der Waals surface area contributed by atoms with Gasteiger partial charge in [0, 0.05) is 25.2 Å². The van der Waals surface area contributed by atoms with Crippen molar-refractivity contribution in [3.05, 3.63) is 0 Å². The van der Waals surface area contributed by atoms with Crippen LogP contribution in [-0.2, 0) is 4.74 Å². The second kappa shape index (κ2) is 6.17. The lowest BCUT2D eigenvalue weighted by Gasteiger charge is -2.49. The summed E-state index contributed by atoms with van der Waals surface area (Å²) in [6.07, 6.45) is 5.05. The van der Waals surface area contributed by atoms with Gasteiger partial charge in [-0.2, -0.15) is 0 Å². The van der Waals surface area contributed by atoms with E-state index < -0.39 is 0 Å². The second-order valence-corrected chi connectivity index (χ2v) is 5.96. The molecule has 2 N–H and O–H groups in total. The minimum absolute atomic E-state index is 0.193. The van der Waals surface area contributed by atoms with Gasteiger partial charge in [-0.1, -0.05) is 13.8 Å². The van der Waals surface area contributed by atoms with E-state index in [1.54, 1.807) is 0 Å². The number of hydrogen-bond donors (Lipinski definition) is 1. The smallest absolute Gasteiger partial charge is 0.0572 e. The van der Waals surface area contributed by atoms with Crippen molar-refractivity contribution in [3.8, 4) is 0 Å². The normalized spacial score (nSPS) is 32.1. The number of hydrogen-bond acceptors (Lipinski definition) is 3. The molecule has 1 aliphatic rings. The minimum atomic E-state index is 0.193. The van der Waals surface area contributed by atoms with Crippen LogP contribution in [0.15, 0.2) is 0 Å². The standard InChI is InChI=1S/C14H30N2O/c1-11(2)12(3)16(4)14(10-15)8-6-13(17-5)7-9-14/h11-13H,6-10,15H2,1-5H3. The van der Waals surface area contributed by atoms with Gasteiger partial charge < -0.3 is 10.5 Å². The van der Waals surface area contributed by atoms with Crippen molar-refractivity contribution in [3.63, 3.8) is 0 Å². The van der Waals surface area contributed by atoms with Gasteiger partial charge in [-0.3, -0.25) is 4.90 Å². The molecular formula is C14H30N2O. The Morgan fingerprint density at radius 3 is 2.18 bits per heavy atom. The van der Waals surface area contributed by atoms with Crippen molar-refractivity contribution >= 4 is 0 Å². The summed E-state index contributed by atoms with van der Waals surface area (Å²) in [5.41, 5.74) is 6.27. The lowest BCUT2D eigenvalue weighted by molar-refractivity contribution is -0.0177. The lowest BCUT2D eigenvalue weighted by atomic mass is 9.78. The molecule has 0 saturated heterocycles. The molecule has 0 bridgehead atoms. The van der Waals surface area contributed by atoms with E-state index in [4.69, 9.17) is 10.5 Å². The zero-order valence-corrected chi connectivity index (χ0v) is 12.2. The van der Waals surface area contributed by atoms with E-state index in [0.29, 0.717) is 18.1 Å². The van der Waals surface area contributed by atoms with Crippen LogP contribution in [0.3, 0.4) is 0 Å². The van der Waals surface area contributed by atoms with Crippen LogP contribution in [0.1, 0.15) is 46.5 Å². The average Bonchev–Trinajstić information content (AvgIpc) is 2.36.